The fourth-order valence-electron chi connectivity index (χ4n) is 1.10. The van der Waals surface area contributed by atoms with Crippen molar-refractivity contribution in [1.29, 1.82) is 0 Å². The first-order valence-electron chi connectivity index (χ1n) is 3.97. The number of ketones is 1. The van der Waals surface area contributed by atoms with E-state index in [0.717, 1.165) is 6.07 Å². The quantitative estimate of drug-likeness (QED) is 0.679. The molecule has 15 heavy (non-hydrogen) atoms. The minimum absolute atomic E-state index is 0.196. The van der Waals surface area contributed by atoms with Crippen molar-refractivity contribution in [2.45, 2.75) is 0 Å². The van der Waals surface area contributed by atoms with Gasteiger partial charge in [0.25, 0.3) is 0 Å². The van der Waals surface area contributed by atoms with Gasteiger partial charge in [-0.3, -0.25) is 4.79 Å². The first-order chi connectivity index (χ1) is 7.02. The Balaban J connectivity index is 3.45. The van der Waals surface area contributed by atoms with E-state index in [1.807, 2.05) is 0 Å². The van der Waals surface area contributed by atoms with Gasteiger partial charge in [0.05, 0.1) is 23.7 Å². The Morgan fingerprint density at radius 3 is 2.67 bits per heavy atom. The number of hydrogen-bond donors (Lipinski definition) is 1. The summed E-state index contributed by atoms with van der Waals surface area (Å²) in [5, 5.41) is 0. The van der Waals surface area contributed by atoms with E-state index in [9.17, 15) is 13.6 Å². The fourth-order valence-corrected chi connectivity index (χ4v) is 1.39. The van der Waals surface area contributed by atoms with Crippen LogP contribution in [0.1, 0.15) is 10.4 Å². The molecule has 0 atom stereocenters. The molecule has 0 aromatic heterocycles. The second-order valence-corrected chi connectivity index (χ2v) is 3.49. The zero-order valence-corrected chi connectivity index (χ0v) is 9.40. The molecular formula is C9H8BrF2NO2. The zero-order chi connectivity index (χ0) is 11.6. The molecule has 1 aromatic rings. The molecule has 3 nitrogen and oxygen atoms in total. The molecule has 82 valence electrons. The van der Waals surface area contributed by atoms with E-state index < -0.39 is 17.4 Å². The number of nitrogens with two attached hydrogens (primary N) is 1. The number of methoxy groups -OCH3 is 1. The van der Waals surface area contributed by atoms with Gasteiger partial charge in [-0.05, 0) is 22.0 Å². The molecule has 1 aromatic carbocycles. The summed E-state index contributed by atoms with van der Waals surface area (Å²) in [4.78, 5) is 11.3. The largest absolute Gasteiger partial charge is 0.493 e. The lowest BCUT2D eigenvalue weighted by Crippen LogP contribution is -2.15. The molecule has 0 heterocycles. The lowest BCUT2D eigenvalue weighted by molar-refractivity contribution is 0.0997. The summed E-state index contributed by atoms with van der Waals surface area (Å²) in [5.41, 5.74) is 4.91. The number of halogens is 3. The molecule has 0 aliphatic rings. The summed E-state index contributed by atoms with van der Waals surface area (Å²) in [5.74, 6) is -2.71. The molecule has 0 amide bonds. The topological polar surface area (TPSA) is 52.3 Å². The average molecular weight is 280 g/mol. The predicted octanol–water partition coefficient (Wildman–Crippen LogP) is 1.88. The van der Waals surface area contributed by atoms with Crippen molar-refractivity contribution in [3.63, 3.8) is 0 Å². The van der Waals surface area contributed by atoms with Crippen LogP contribution in [0.4, 0.5) is 8.78 Å². The van der Waals surface area contributed by atoms with Gasteiger partial charge in [0, 0.05) is 0 Å². The van der Waals surface area contributed by atoms with Gasteiger partial charge in [0.15, 0.2) is 17.3 Å². The number of carbonyl (C=O) groups is 1. The standard InChI is InChI=1S/C9H8BrF2NO2/c1-15-9-4(6(14)3-13)2-5(11)7(10)8(9)12/h2H,3,13H2,1H3. The molecule has 0 spiro atoms. The summed E-state index contributed by atoms with van der Waals surface area (Å²) < 4.78 is 30.9. The van der Waals surface area contributed by atoms with E-state index in [4.69, 9.17) is 5.73 Å². The van der Waals surface area contributed by atoms with Crippen LogP contribution in [0, 0.1) is 11.6 Å². The number of Topliss-reactive ketones (excluding diaryl/α,β-unsaturated/α-hetero) is 1. The summed E-state index contributed by atoms with van der Waals surface area (Å²) in [7, 11) is 1.19. The van der Waals surface area contributed by atoms with E-state index in [1.54, 1.807) is 0 Å². The van der Waals surface area contributed by atoms with Crippen LogP contribution in [-0.2, 0) is 0 Å². The van der Waals surface area contributed by atoms with Crippen LogP contribution in [0.15, 0.2) is 10.5 Å². The number of ether oxygens (including phenoxy) is 1. The van der Waals surface area contributed by atoms with Crippen LogP contribution < -0.4 is 10.5 Å². The Labute approximate surface area is 93.3 Å². The second-order valence-electron chi connectivity index (χ2n) is 2.69. The van der Waals surface area contributed by atoms with Crippen LogP contribution in [0.25, 0.3) is 0 Å². The minimum atomic E-state index is -0.950. The maximum absolute atomic E-state index is 13.4. The third-order valence-corrected chi connectivity index (χ3v) is 2.53. The Kier molecular flexibility index (Phi) is 3.76. The van der Waals surface area contributed by atoms with Crippen molar-refractivity contribution in [2.24, 2.45) is 5.73 Å². The van der Waals surface area contributed by atoms with E-state index in [-0.39, 0.29) is 22.3 Å². The SMILES string of the molecule is COc1c(C(=O)CN)cc(F)c(Br)c1F. The van der Waals surface area contributed by atoms with Gasteiger partial charge in [-0.25, -0.2) is 8.78 Å². The van der Waals surface area contributed by atoms with Crippen LogP contribution in [0.5, 0.6) is 5.75 Å². The molecule has 1 rings (SSSR count). The van der Waals surface area contributed by atoms with Crippen LogP contribution in [-0.4, -0.2) is 19.4 Å². The summed E-state index contributed by atoms with van der Waals surface area (Å²) in [6.07, 6.45) is 0. The molecule has 0 fully saturated rings. The molecule has 0 radical (unpaired) electrons. The summed E-state index contributed by atoms with van der Waals surface area (Å²) in [6.45, 7) is -0.336. The zero-order valence-electron chi connectivity index (χ0n) is 7.81. The molecule has 0 saturated carbocycles. The van der Waals surface area contributed by atoms with Crippen molar-refractivity contribution in [2.75, 3.05) is 13.7 Å². The molecule has 0 aliphatic heterocycles. The van der Waals surface area contributed by atoms with Crippen molar-refractivity contribution in [3.05, 3.63) is 27.7 Å². The van der Waals surface area contributed by atoms with Gasteiger partial charge < -0.3 is 10.5 Å². The van der Waals surface area contributed by atoms with Gasteiger partial charge in [0.2, 0.25) is 0 Å². The maximum Gasteiger partial charge on any atom is 0.182 e. The lowest BCUT2D eigenvalue weighted by atomic mass is 10.1. The Bertz CT molecular complexity index is 410. The number of rotatable bonds is 3. The highest BCUT2D eigenvalue weighted by Crippen LogP contribution is 2.31. The van der Waals surface area contributed by atoms with E-state index in [1.165, 1.54) is 7.11 Å². The smallest absolute Gasteiger partial charge is 0.182 e. The van der Waals surface area contributed by atoms with Gasteiger partial charge in [-0.1, -0.05) is 0 Å². The number of benzene rings is 1. The highest BCUT2D eigenvalue weighted by Gasteiger charge is 2.21. The molecule has 6 heteroatoms. The molecular weight excluding hydrogens is 272 g/mol. The van der Waals surface area contributed by atoms with Crippen LogP contribution >= 0.6 is 15.9 Å². The van der Waals surface area contributed by atoms with E-state index in [2.05, 4.69) is 20.7 Å². The van der Waals surface area contributed by atoms with Gasteiger partial charge in [-0.15, -0.1) is 0 Å². The first kappa shape index (κ1) is 12.1. The molecule has 0 unspecified atom stereocenters. The third kappa shape index (κ3) is 2.15. The Morgan fingerprint density at radius 1 is 1.60 bits per heavy atom. The van der Waals surface area contributed by atoms with Gasteiger partial charge >= 0.3 is 0 Å². The highest BCUT2D eigenvalue weighted by molar-refractivity contribution is 9.10. The van der Waals surface area contributed by atoms with E-state index >= 15 is 0 Å². The van der Waals surface area contributed by atoms with Crippen LogP contribution in [0.2, 0.25) is 0 Å². The Morgan fingerprint density at radius 2 is 2.20 bits per heavy atom. The molecule has 2 N–H and O–H groups in total. The van der Waals surface area contributed by atoms with Crippen molar-refractivity contribution in [3.8, 4) is 5.75 Å². The molecule has 0 aliphatic carbocycles. The number of carbonyl (C=O) groups excluding carboxylic acids is 1. The van der Waals surface area contributed by atoms with Crippen LogP contribution in [0.3, 0.4) is 0 Å². The van der Waals surface area contributed by atoms with Crippen molar-refractivity contribution < 1.29 is 18.3 Å². The highest BCUT2D eigenvalue weighted by atomic mass is 79.9. The van der Waals surface area contributed by atoms with Gasteiger partial charge in [0.1, 0.15) is 5.82 Å². The maximum atomic E-state index is 13.4. The number of hydrogen-bond acceptors (Lipinski definition) is 3. The normalized spacial score (nSPS) is 10.2. The fraction of sp³-hybridized carbons (Fsp3) is 0.222. The third-order valence-electron chi connectivity index (χ3n) is 1.81. The lowest BCUT2D eigenvalue weighted by Gasteiger charge is -2.09. The average Bonchev–Trinajstić information content (AvgIpc) is 2.24. The van der Waals surface area contributed by atoms with E-state index in [0.29, 0.717) is 0 Å². The van der Waals surface area contributed by atoms with Crippen molar-refractivity contribution in [1.82, 2.24) is 0 Å². The minimum Gasteiger partial charge on any atom is -0.493 e. The molecule has 0 bridgehead atoms. The molecule has 0 saturated heterocycles. The predicted molar refractivity (Wildman–Crippen MR) is 54.0 cm³/mol. The first-order valence-corrected chi connectivity index (χ1v) is 4.77. The second kappa shape index (κ2) is 4.67. The summed E-state index contributed by atoms with van der Waals surface area (Å²) in [6, 6.07) is 0.890. The Hall–Kier alpha value is -1.01. The van der Waals surface area contributed by atoms with Gasteiger partial charge in [-0.2, -0.15) is 0 Å². The van der Waals surface area contributed by atoms with Crippen molar-refractivity contribution >= 4 is 21.7 Å². The monoisotopic (exact) mass is 279 g/mol. The summed E-state index contributed by atoms with van der Waals surface area (Å²) >= 11 is 2.70.